The molecular formula is C73H142O17P2. The van der Waals surface area contributed by atoms with E-state index in [0.29, 0.717) is 25.7 Å². The van der Waals surface area contributed by atoms with Gasteiger partial charge in [-0.1, -0.05) is 330 Å². The molecule has 0 spiro atoms. The fraction of sp³-hybridized carbons (Fsp3) is 0.945. The van der Waals surface area contributed by atoms with Crippen LogP contribution in [0, 0.1) is 5.92 Å². The molecule has 0 aliphatic carbocycles. The first-order valence-electron chi connectivity index (χ1n) is 38.1. The van der Waals surface area contributed by atoms with Crippen LogP contribution in [0.4, 0.5) is 0 Å². The number of aliphatic hydroxyl groups is 1. The van der Waals surface area contributed by atoms with E-state index in [1.807, 2.05) is 0 Å². The Kier molecular flexibility index (Phi) is 64.9. The van der Waals surface area contributed by atoms with Gasteiger partial charge in [-0.3, -0.25) is 37.3 Å². The number of hydrogen-bond acceptors (Lipinski definition) is 15. The van der Waals surface area contributed by atoms with Gasteiger partial charge in [0.15, 0.2) is 12.2 Å². The average molecular weight is 1350 g/mol. The van der Waals surface area contributed by atoms with E-state index >= 15 is 0 Å². The third kappa shape index (κ3) is 66.7. The van der Waals surface area contributed by atoms with Crippen molar-refractivity contribution in [2.45, 2.75) is 400 Å². The van der Waals surface area contributed by atoms with Crippen LogP contribution in [0.1, 0.15) is 381 Å². The number of esters is 4. The van der Waals surface area contributed by atoms with Crippen LogP contribution in [0.25, 0.3) is 0 Å². The minimum atomic E-state index is -4.95. The smallest absolute Gasteiger partial charge is 0.462 e. The quantitative estimate of drug-likeness (QED) is 0.0222. The number of ether oxygens (including phenoxy) is 4. The Morgan fingerprint density at radius 2 is 0.500 bits per heavy atom. The van der Waals surface area contributed by atoms with Crippen LogP contribution in [-0.4, -0.2) is 96.7 Å². The molecule has 0 bridgehead atoms. The Morgan fingerprint density at radius 1 is 0.293 bits per heavy atom. The number of unbranched alkanes of at least 4 members (excludes halogenated alkanes) is 45. The molecule has 0 aromatic carbocycles. The number of carbonyl (C=O) groups is 4. The van der Waals surface area contributed by atoms with Gasteiger partial charge in [0.2, 0.25) is 0 Å². The van der Waals surface area contributed by atoms with Crippen molar-refractivity contribution in [2.24, 2.45) is 5.92 Å². The molecule has 92 heavy (non-hydrogen) atoms. The van der Waals surface area contributed by atoms with Crippen molar-refractivity contribution < 1.29 is 80.2 Å². The zero-order valence-corrected chi connectivity index (χ0v) is 61.5. The van der Waals surface area contributed by atoms with Crippen molar-refractivity contribution in [2.75, 3.05) is 39.6 Å². The molecule has 546 valence electrons. The maximum absolute atomic E-state index is 13.0. The zero-order valence-electron chi connectivity index (χ0n) is 59.7. The summed E-state index contributed by atoms with van der Waals surface area (Å²) in [6.07, 6.45) is 54.2. The summed E-state index contributed by atoms with van der Waals surface area (Å²) in [7, 11) is -9.90. The van der Waals surface area contributed by atoms with Gasteiger partial charge in [-0.05, 0) is 31.6 Å². The largest absolute Gasteiger partial charge is 0.472 e. The topological polar surface area (TPSA) is 237 Å². The Bertz CT molecular complexity index is 1770. The summed E-state index contributed by atoms with van der Waals surface area (Å²) < 4.78 is 68.3. The normalized spacial score (nSPS) is 14.0. The highest BCUT2D eigenvalue weighted by Gasteiger charge is 2.30. The molecular weight excluding hydrogens is 1210 g/mol. The van der Waals surface area contributed by atoms with Crippen LogP contribution in [0.3, 0.4) is 0 Å². The van der Waals surface area contributed by atoms with E-state index in [-0.39, 0.29) is 25.7 Å². The van der Waals surface area contributed by atoms with Gasteiger partial charge < -0.3 is 33.8 Å². The fourth-order valence-corrected chi connectivity index (χ4v) is 12.8. The van der Waals surface area contributed by atoms with Gasteiger partial charge in [0.25, 0.3) is 0 Å². The maximum atomic E-state index is 13.0. The van der Waals surface area contributed by atoms with E-state index in [4.69, 9.17) is 37.0 Å². The molecule has 0 aromatic heterocycles. The molecule has 5 atom stereocenters. The second-order valence-corrected chi connectivity index (χ2v) is 29.7. The average Bonchev–Trinajstić information content (AvgIpc) is 2.55. The summed E-state index contributed by atoms with van der Waals surface area (Å²) >= 11 is 0. The van der Waals surface area contributed by atoms with Crippen molar-refractivity contribution in [3.05, 3.63) is 0 Å². The molecule has 19 heteroatoms. The summed E-state index contributed by atoms with van der Waals surface area (Å²) in [6, 6.07) is 0. The van der Waals surface area contributed by atoms with E-state index in [0.717, 1.165) is 95.8 Å². The van der Waals surface area contributed by atoms with E-state index in [1.54, 1.807) is 0 Å². The Morgan fingerprint density at radius 3 is 0.739 bits per heavy atom. The summed E-state index contributed by atoms with van der Waals surface area (Å²) in [5, 5.41) is 10.6. The minimum Gasteiger partial charge on any atom is -0.462 e. The summed E-state index contributed by atoms with van der Waals surface area (Å²) in [5.41, 5.74) is 0. The summed E-state index contributed by atoms with van der Waals surface area (Å²) in [6.45, 7) is 7.23. The lowest BCUT2D eigenvalue weighted by molar-refractivity contribution is -0.161. The highest BCUT2D eigenvalue weighted by Crippen LogP contribution is 2.45. The van der Waals surface area contributed by atoms with Gasteiger partial charge in [0.05, 0.1) is 26.4 Å². The third-order valence-electron chi connectivity index (χ3n) is 17.0. The van der Waals surface area contributed by atoms with Gasteiger partial charge in [-0.2, -0.15) is 0 Å². The van der Waals surface area contributed by atoms with Crippen molar-refractivity contribution in [3.63, 3.8) is 0 Å². The van der Waals surface area contributed by atoms with E-state index < -0.39 is 97.5 Å². The molecule has 0 fully saturated rings. The molecule has 3 N–H and O–H groups in total. The van der Waals surface area contributed by atoms with Gasteiger partial charge in [0.1, 0.15) is 19.3 Å². The molecule has 0 saturated carbocycles. The lowest BCUT2D eigenvalue weighted by Crippen LogP contribution is -2.30. The van der Waals surface area contributed by atoms with Gasteiger partial charge >= 0.3 is 39.5 Å². The molecule has 0 amide bonds. The second-order valence-electron chi connectivity index (χ2n) is 26.8. The molecule has 2 unspecified atom stereocenters. The van der Waals surface area contributed by atoms with Crippen molar-refractivity contribution >= 4 is 39.5 Å². The predicted octanol–water partition coefficient (Wildman–Crippen LogP) is 21.3. The number of phosphoric acid groups is 2. The van der Waals surface area contributed by atoms with E-state index in [9.17, 15) is 43.2 Å². The standard InChI is InChI=1S/C73H142O17P2/c1-6-9-12-15-18-21-24-25-26-27-28-29-30-31-32-33-38-44-49-54-59-73(78)90-69(63-84-71(76)57-52-47-42-39-34-35-40-45-50-55-66(4)5)65-88-92(81,82)86-61-67(74)60-85-91(79,80)87-64-68(89-72(77)58-53-48-43-37-23-20-17-14-11-8-3)62-83-70(75)56-51-46-41-36-22-19-16-13-10-7-2/h66-69,74H,6-65H2,1-5H3,(H,79,80)(H,81,82)/t67-,68+,69+/m0/s1. The Labute approximate surface area is 562 Å². The number of phosphoric ester groups is 2. The number of hydrogen-bond donors (Lipinski definition) is 3. The van der Waals surface area contributed by atoms with E-state index in [2.05, 4.69) is 34.6 Å². The predicted molar refractivity (Wildman–Crippen MR) is 372 cm³/mol. The summed E-state index contributed by atoms with van der Waals surface area (Å²) in [5.74, 6) is -1.38. The molecule has 0 aliphatic rings. The maximum Gasteiger partial charge on any atom is 0.472 e. The fourth-order valence-electron chi connectivity index (χ4n) is 11.2. The highest BCUT2D eigenvalue weighted by atomic mass is 31.2. The zero-order chi connectivity index (χ0) is 67.7. The number of carbonyl (C=O) groups excluding carboxylic acids is 4. The Balaban J connectivity index is 5.18. The van der Waals surface area contributed by atoms with Crippen LogP contribution in [0.5, 0.6) is 0 Å². The molecule has 0 aromatic rings. The lowest BCUT2D eigenvalue weighted by Gasteiger charge is -2.21. The lowest BCUT2D eigenvalue weighted by atomic mass is 10.0. The molecule has 17 nitrogen and oxygen atoms in total. The van der Waals surface area contributed by atoms with Crippen LogP contribution in [0.2, 0.25) is 0 Å². The van der Waals surface area contributed by atoms with E-state index in [1.165, 1.54) is 205 Å². The third-order valence-corrected chi connectivity index (χ3v) is 18.9. The second kappa shape index (κ2) is 66.3. The number of aliphatic hydroxyl groups excluding tert-OH is 1. The number of rotatable bonds is 73. The first-order valence-corrected chi connectivity index (χ1v) is 41.1. The highest BCUT2D eigenvalue weighted by molar-refractivity contribution is 7.47. The van der Waals surface area contributed by atoms with Gasteiger partial charge in [0, 0.05) is 25.7 Å². The van der Waals surface area contributed by atoms with Crippen molar-refractivity contribution in [1.82, 2.24) is 0 Å². The van der Waals surface area contributed by atoms with Crippen LogP contribution >= 0.6 is 15.6 Å². The molecule has 0 rings (SSSR count). The Hall–Kier alpha value is -1.94. The monoisotopic (exact) mass is 1350 g/mol. The summed E-state index contributed by atoms with van der Waals surface area (Å²) in [4.78, 5) is 72.6. The van der Waals surface area contributed by atoms with Crippen molar-refractivity contribution in [1.29, 1.82) is 0 Å². The molecule has 0 heterocycles. The van der Waals surface area contributed by atoms with Crippen molar-refractivity contribution in [3.8, 4) is 0 Å². The first kappa shape index (κ1) is 90.1. The molecule has 0 aliphatic heterocycles. The van der Waals surface area contributed by atoms with Gasteiger partial charge in [-0.25, -0.2) is 9.13 Å². The van der Waals surface area contributed by atoms with Crippen LogP contribution in [-0.2, 0) is 65.4 Å². The van der Waals surface area contributed by atoms with Gasteiger partial charge in [-0.15, -0.1) is 0 Å². The first-order chi connectivity index (χ1) is 44.5. The molecule has 0 saturated heterocycles. The molecule has 0 radical (unpaired) electrons. The minimum absolute atomic E-state index is 0.107. The van der Waals surface area contributed by atoms with Crippen LogP contribution in [0.15, 0.2) is 0 Å². The SMILES string of the molecule is CCCCCCCCCCCCCCCCCCCCCCC(=O)O[C@H](COC(=O)CCCCCCCCCCCC(C)C)COP(=O)(O)OC[C@@H](O)COP(=O)(O)OC[C@@H](COC(=O)CCCCCCCCCCCC)OC(=O)CCCCCCCCCCCC. The van der Waals surface area contributed by atoms with Crippen LogP contribution < -0.4 is 0 Å².